The molecule has 0 aliphatic carbocycles. The van der Waals surface area contributed by atoms with Gasteiger partial charge in [-0.05, 0) is 48.7 Å². The number of fused-ring (bicyclic) bond motifs is 1. The van der Waals surface area contributed by atoms with Crippen LogP contribution < -0.4 is 5.32 Å². The Balaban J connectivity index is 2.20. The lowest BCUT2D eigenvalue weighted by atomic mass is 10.0. The monoisotopic (exact) mass is 283 g/mol. The topological polar surface area (TPSA) is 37.8 Å². The summed E-state index contributed by atoms with van der Waals surface area (Å²) in [5.41, 5.74) is 4.52. The predicted octanol–water partition coefficient (Wildman–Crippen LogP) is 4.41. The molecule has 0 aliphatic rings. The van der Waals surface area contributed by atoms with Crippen LogP contribution in [0.25, 0.3) is 21.3 Å². The number of aromatic nitrogens is 2. The van der Waals surface area contributed by atoms with E-state index in [4.69, 9.17) is 0 Å². The number of nitrogens with zero attached hydrogens (tertiary/aromatic N) is 2. The average molecular weight is 283 g/mol. The van der Waals surface area contributed by atoms with Gasteiger partial charge in [0.05, 0.1) is 5.69 Å². The van der Waals surface area contributed by atoms with E-state index in [1.54, 1.807) is 11.3 Å². The van der Waals surface area contributed by atoms with Gasteiger partial charge in [-0.25, -0.2) is 0 Å². The highest BCUT2D eigenvalue weighted by molar-refractivity contribution is 7.17. The van der Waals surface area contributed by atoms with E-state index in [9.17, 15) is 0 Å². The lowest BCUT2D eigenvalue weighted by Gasteiger charge is -2.12. The molecule has 2 aromatic heterocycles. The Hall–Kier alpha value is -1.94. The van der Waals surface area contributed by atoms with Crippen LogP contribution in [0.15, 0.2) is 29.6 Å². The molecular formula is C16H17N3S. The zero-order chi connectivity index (χ0) is 14.1. The molecule has 0 saturated carbocycles. The number of rotatable bonds is 3. The molecule has 1 aromatic carbocycles. The van der Waals surface area contributed by atoms with Crippen molar-refractivity contribution in [2.24, 2.45) is 0 Å². The van der Waals surface area contributed by atoms with E-state index in [1.165, 1.54) is 26.8 Å². The summed E-state index contributed by atoms with van der Waals surface area (Å²) in [6, 6.07) is 8.49. The molecule has 3 aromatic rings. The molecule has 0 bridgehead atoms. The van der Waals surface area contributed by atoms with Crippen molar-refractivity contribution in [3.8, 4) is 11.3 Å². The number of hydrogen-bond donors (Lipinski definition) is 1. The van der Waals surface area contributed by atoms with Crippen molar-refractivity contribution < 1.29 is 0 Å². The van der Waals surface area contributed by atoms with Crippen molar-refractivity contribution in [2.75, 3.05) is 11.9 Å². The average Bonchev–Trinajstić information content (AvgIpc) is 2.93. The van der Waals surface area contributed by atoms with Gasteiger partial charge in [0.15, 0.2) is 5.82 Å². The van der Waals surface area contributed by atoms with Crippen molar-refractivity contribution >= 4 is 27.2 Å². The summed E-state index contributed by atoms with van der Waals surface area (Å²) < 4.78 is 1.28. The van der Waals surface area contributed by atoms with Crippen LogP contribution in [-0.4, -0.2) is 16.7 Å². The van der Waals surface area contributed by atoms with E-state index < -0.39 is 0 Å². The number of benzene rings is 1. The molecule has 3 rings (SSSR count). The predicted molar refractivity (Wildman–Crippen MR) is 86.5 cm³/mol. The lowest BCUT2D eigenvalue weighted by Crippen LogP contribution is -2.06. The van der Waals surface area contributed by atoms with Crippen LogP contribution in [0.4, 0.5) is 5.82 Å². The first-order chi connectivity index (χ1) is 9.72. The molecule has 3 nitrogen and oxygen atoms in total. The fourth-order valence-electron chi connectivity index (χ4n) is 2.38. The second kappa shape index (κ2) is 5.21. The van der Waals surface area contributed by atoms with Crippen molar-refractivity contribution in [3.05, 3.63) is 40.8 Å². The van der Waals surface area contributed by atoms with Crippen LogP contribution in [0, 0.1) is 13.8 Å². The smallest absolute Gasteiger partial charge is 0.151 e. The molecule has 0 spiro atoms. The Morgan fingerprint density at radius 3 is 2.75 bits per heavy atom. The van der Waals surface area contributed by atoms with Crippen LogP contribution in [0.5, 0.6) is 0 Å². The third kappa shape index (κ3) is 2.06. The summed E-state index contributed by atoms with van der Waals surface area (Å²) in [7, 11) is 0. The van der Waals surface area contributed by atoms with Gasteiger partial charge in [-0.3, -0.25) is 0 Å². The fraction of sp³-hybridized carbons (Fsp3) is 0.250. The van der Waals surface area contributed by atoms with E-state index >= 15 is 0 Å². The van der Waals surface area contributed by atoms with E-state index in [0.717, 1.165) is 18.1 Å². The highest BCUT2D eigenvalue weighted by Crippen LogP contribution is 2.34. The third-order valence-electron chi connectivity index (χ3n) is 3.60. The number of anilines is 1. The standard InChI is InChI=1S/C16H17N3S/c1-4-17-16-11(3)10(2)14(18-19-16)13-7-5-6-12-8-9-20-15(12)13/h5-9H,4H2,1-3H3,(H,17,19). The zero-order valence-corrected chi connectivity index (χ0v) is 12.7. The Morgan fingerprint density at radius 2 is 1.95 bits per heavy atom. The molecule has 0 aliphatic heterocycles. The fourth-order valence-corrected chi connectivity index (χ4v) is 3.29. The highest BCUT2D eigenvalue weighted by atomic mass is 32.1. The maximum Gasteiger partial charge on any atom is 0.151 e. The minimum atomic E-state index is 0.856. The van der Waals surface area contributed by atoms with Crippen molar-refractivity contribution in [1.29, 1.82) is 0 Å². The summed E-state index contributed by atoms with van der Waals surface area (Å²) >= 11 is 1.75. The molecule has 102 valence electrons. The van der Waals surface area contributed by atoms with Crippen molar-refractivity contribution in [3.63, 3.8) is 0 Å². The van der Waals surface area contributed by atoms with Gasteiger partial charge in [-0.15, -0.1) is 21.5 Å². The van der Waals surface area contributed by atoms with Gasteiger partial charge in [0, 0.05) is 16.8 Å². The molecule has 1 N–H and O–H groups in total. The second-order valence-corrected chi connectivity index (χ2v) is 5.74. The number of nitrogens with one attached hydrogen (secondary N) is 1. The van der Waals surface area contributed by atoms with Gasteiger partial charge < -0.3 is 5.32 Å². The highest BCUT2D eigenvalue weighted by Gasteiger charge is 2.13. The van der Waals surface area contributed by atoms with Crippen LogP contribution in [-0.2, 0) is 0 Å². The summed E-state index contributed by atoms with van der Waals surface area (Å²) in [5.74, 6) is 0.882. The molecule has 0 fully saturated rings. The van der Waals surface area contributed by atoms with Gasteiger partial charge in [-0.1, -0.05) is 18.2 Å². The normalized spacial score (nSPS) is 10.9. The summed E-state index contributed by atoms with van der Waals surface area (Å²) in [4.78, 5) is 0. The number of thiophene rings is 1. The van der Waals surface area contributed by atoms with E-state index in [2.05, 4.69) is 65.9 Å². The van der Waals surface area contributed by atoms with Crippen LogP contribution >= 0.6 is 11.3 Å². The van der Waals surface area contributed by atoms with Gasteiger partial charge in [0.25, 0.3) is 0 Å². The summed E-state index contributed by atoms with van der Waals surface area (Å²) in [6.07, 6.45) is 0. The summed E-state index contributed by atoms with van der Waals surface area (Å²) in [5, 5.41) is 15.4. The van der Waals surface area contributed by atoms with E-state index in [0.29, 0.717) is 0 Å². The summed E-state index contributed by atoms with van der Waals surface area (Å²) in [6.45, 7) is 7.14. The molecule has 0 unspecified atom stereocenters. The molecule has 20 heavy (non-hydrogen) atoms. The molecule has 0 amide bonds. The Bertz CT molecular complexity index is 762. The zero-order valence-electron chi connectivity index (χ0n) is 11.9. The largest absolute Gasteiger partial charge is 0.369 e. The maximum absolute atomic E-state index is 4.45. The van der Waals surface area contributed by atoms with Gasteiger partial charge in [-0.2, -0.15) is 0 Å². The third-order valence-corrected chi connectivity index (χ3v) is 4.56. The molecule has 0 radical (unpaired) electrons. The maximum atomic E-state index is 4.45. The SMILES string of the molecule is CCNc1nnc(-c2cccc3ccsc23)c(C)c1C. The number of hydrogen-bond acceptors (Lipinski definition) is 4. The second-order valence-electron chi connectivity index (χ2n) is 4.82. The van der Waals surface area contributed by atoms with E-state index in [-0.39, 0.29) is 0 Å². The molecule has 0 atom stereocenters. The molecule has 0 saturated heterocycles. The first kappa shape index (κ1) is 13.1. The van der Waals surface area contributed by atoms with E-state index in [1.807, 2.05) is 0 Å². The van der Waals surface area contributed by atoms with Crippen LogP contribution in [0.3, 0.4) is 0 Å². The molecule has 2 heterocycles. The Kier molecular flexibility index (Phi) is 3.40. The van der Waals surface area contributed by atoms with Gasteiger partial charge in [0.1, 0.15) is 0 Å². The Morgan fingerprint density at radius 1 is 1.10 bits per heavy atom. The van der Waals surface area contributed by atoms with Crippen molar-refractivity contribution in [1.82, 2.24) is 10.2 Å². The minimum absolute atomic E-state index is 0.856. The Labute approximate surface area is 122 Å². The quantitative estimate of drug-likeness (QED) is 0.774. The van der Waals surface area contributed by atoms with Gasteiger partial charge >= 0.3 is 0 Å². The van der Waals surface area contributed by atoms with Gasteiger partial charge in [0.2, 0.25) is 0 Å². The van der Waals surface area contributed by atoms with Crippen molar-refractivity contribution in [2.45, 2.75) is 20.8 Å². The van der Waals surface area contributed by atoms with Crippen LogP contribution in [0.2, 0.25) is 0 Å². The van der Waals surface area contributed by atoms with Crippen LogP contribution in [0.1, 0.15) is 18.1 Å². The minimum Gasteiger partial charge on any atom is -0.369 e. The first-order valence-corrected chi connectivity index (χ1v) is 7.64. The lowest BCUT2D eigenvalue weighted by molar-refractivity contribution is 0.988. The first-order valence-electron chi connectivity index (χ1n) is 6.76. The molecular weight excluding hydrogens is 266 g/mol. The molecule has 4 heteroatoms.